The van der Waals surface area contributed by atoms with Crippen molar-refractivity contribution < 1.29 is 4.52 Å². The molecular formula is C13H16ClN3O. The average Bonchev–Trinajstić information content (AvgIpc) is 2.67. The number of rotatable bonds is 3. The molecule has 0 amide bonds. The summed E-state index contributed by atoms with van der Waals surface area (Å²) >= 11 is 0. The van der Waals surface area contributed by atoms with Crippen molar-refractivity contribution in [1.82, 2.24) is 15.5 Å². The fraction of sp³-hybridized carbons (Fsp3) is 0.385. The minimum absolute atomic E-state index is 0. The van der Waals surface area contributed by atoms with Gasteiger partial charge in [0.1, 0.15) is 0 Å². The highest BCUT2D eigenvalue weighted by atomic mass is 35.5. The molecule has 3 rings (SSSR count). The first-order valence-corrected chi connectivity index (χ1v) is 5.90. The summed E-state index contributed by atoms with van der Waals surface area (Å²) in [6.07, 6.45) is 0.740. The summed E-state index contributed by atoms with van der Waals surface area (Å²) in [5.74, 6) is 1.95. The Morgan fingerprint density at radius 3 is 2.61 bits per heavy atom. The van der Waals surface area contributed by atoms with E-state index in [1.807, 2.05) is 0 Å². The number of aromatic nitrogens is 2. The molecule has 4 nitrogen and oxygen atoms in total. The van der Waals surface area contributed by atoms with Gasteiger partial charge in [0.2, 0.25) is 5.89 Å². The van der Waals surface area contributed by atoms with E-state index in [2.05, 4.69) is 46.6 Å². The Hall–Kier alpha value is -1.39. The molecule has 1 aliphatic heterocycles. The monoisotopic (exact) mass is 265 g/mol. The fourth-order valence-corrected chi connectivity index (χ4v) is 1.86. The van der Waals surface area contributed by atoms with Gasteiger partial charge in [0.05, 0.1) is 5.92 Å². The molecule has 0 unspecified atom stereocenters. The third-order valence-electron chi connectivity index (χ3n) is 3.10. The third kappa shape index (κ3) is 2.71. The van der Waals surface area contributed by atoms with E-state index in [-0.39, 0.29) is 12.4 Å². The standard InChI is InChI=1S/C13H15N3O.ClH/c1-9-2-4-10(5-3-9)6-12-15-13(17-16-12)11-7-14-8-11;/h2-5,11,14H,6-8H2,1H3;1H. The van der Waals surface area contributed by atoms with Gasteiger partial charge in [-0.1, -0.05) is 35.0 Å². The van der Waals surface area contributed by atoms with Crippen LogP contribution in [-0.4, -0.2) is 23.2 Å². The maximum atomic E-state index is 5.26. The van der Waals surface area contributed by atoms with Crippen LogP contribution in [0, 0.1) is 6.92 Å². The van der Waals surface area contributed by atoms with Crippen LogP contribution < -0.4 is 5.32 Å². The lowest BCUT2D eigenvalue weighted by molar-refractivity contribution is 0.306. The van der Waals surface area contributed by atoms with E-state index in [0.717, 1.165) is 31.2 Å². The second-order valence-electron chi connectivity index (χ2n) is 4.57. The maximum absolute atomic E-state index is 5.26. The summed E-state index contributed by atoms with van der Waals surface area (Å²) in [6, 6.07) is 8.42. The molecule has 1 aromatic heterocycles. The molecule has 1 saturated heterocycles. The minimum atomic E-state index is 0. The molecule has 1 N–H and O–H groups in total. The van der Waals surface area contributed by atoms with Gasteiger partial charge >= 0.3 is 0 Å². The van der Waals surface area contributed by atoms with E-state index < -0.39 is 0 Å². The summed E-state index contributed by atoms with van der Waals surface area (Å²) in [5.41, 5.74) is 2.48. The van der Waals surface area contributed by atoms with E-state index in [1.54, 1.807) is 0 Å². The predicted octanol–water partition coefficient (Wildman–Crippen LogP) is 2.08. The molecule has 0 bridgehead atoms. The van der Waals surface area contributed by atoms with Crippen LogP contribution in [0.2, 0.25) is 0 Å². The summed E-state index contributed by atoms with van der Waals surface area (Å²) in [7, 11) is 0. The van der Waals surface area contributed by atoms with Gasteiger partial charge in [-0.05, 0) is 12.5 Å². The van der Waals surface area contributed by atoms with E-state index in [0.29, 0.717) is 5.92 Å². The van der Waals surface area contributed by atoms with Gasteiger partial charge in [0.15, 0.2) is 5.82 Å². The molecule has 96 valence electrons. The van der Waals surface area contributed by atoms with Gasteiger partial charge in [0, 0.05) is 19.5 Å². The molecule has 1 fully saturated rings. The number of nitrogens with zero attached hydrogens (tertiary/aromatic N) is 2. The zero-order valence-electron chi connectivity index (χ0n) is 10.2. The fourth-order valence-electron chi connectivity index (χ4n) is 1.86. The van der Waals surface area contributed by atoms with Crippen molar-refractivity contribution in [3.05, 3.63) is 47.1 Å². The molecule has 1 aromatic carbocycles. The zero-order valence-corrected chi connectivity index (χ0v) is 11.0. The Kier molecular flexibility index (Phi) is 3.99. The van der Waals surface area contributed by atoms with Crippen LogP contribution >= 0.6 is 12.4 Å². The smallest absolute Gasteiger partial charge is 0.232 e. The Morgan fingerprint density at radius 1 is 1.28 bits per heavy atom. The normalized spacial score (nSPS) is 14.9. The quantitative estimate of drug-likeness (QED) is 0.923. The molecular weight excluding hydrogens is 250 g/mol. The van der Waals surface area contributed by atoms with Crippen LogP contribution in [0.25, 0.3) is 0 Å². The van der Waals surface area contributed by atoms with Crippen molar-refractivity contribution in [2.45, 2.75) is 19.3 Å². The van der Waals surface area contributed by atoms with Crippen molar-refractivity contribution in [1.29, 1.82) is 0 Å². The number of hydrogen-bond acceptors (Lipinski definition) is 4. The first-order chi connectivity index (χ1) is 8.31. The number of benzene rings is 1. The molecule has 0 radical (unpaired) electrons. The van der Waals surface area contributed by atoms with Gasteiger partial charge < -0.3 is 9.84 Å². The molecule has 0 spiro atoms. The van der Waals surface area contributed by atoms with Crippen LogP contribution in [0.1, 0.15) is 28.8 Å². The third-order valence-corrected chi connectivity index (χ3v) is 3.10. The van der Waals surface area contributed by atoms with Crippen LogP contribution in [0.3, 0.4) is 0 Å². The topological polar surface area (TPSA) is 51.0 Å². The molecule has 2 aromatic rings. The van der Waals surface area contributed by atoms with Gasteiger partial charge in [-0.25, -0.2) is 0 Å². The lowest BCUT2D eigenvalue weighted by atomic mass is 10.0. The lowest BCUT2D eigenvalue weighted by Crippen LogP contribution is -2.40. The van der Waals surface area contributed by atoms with Crippen molar-refractivity contribution in [3.8, 4) is 0 Å². The van der Waals surface area contributed by atoms with Crippen LogP contribution in [0.15, 0.2) is 28.8 Å². The molecule has 18 heavy (non-hydrogen) atoms. The molecule has 5 heteroatoms. The molecule has 0 saturated carbocycles. The Balaban J connectivity index is 0.00000120. The van der Waals surface area contributed by atoms with Crippen LogP contribution in [0.4, 0.5) is 0 Å². The van der Waals surface area contributed by atoms with E-state index >= 15 is 0 Å². The SMILES string of the molecule is Cc1ccc(Cc2noc(C3CNC3)n2)cc1.Cl. The van der Waals surface area contributed by atoms with E-state index in [1.165, 1.54) is 11.1 Å². The van der Waals surface area contributed by atoms with Gasteiger partial charge in [-0.15, -0.1) is 12.4 Å². The van der Waals surface area contributed by atoms with Crippen LogP contribution in [-0.2, 0) is 6.42 Å². The first kappa shape index (κ1) is 13.1. The highest BCUT2D eigenvalue weighted by Crippen LogP contribution is 2.18. The largest absolute Gasteiger partial charge is 0.339 e. The molecule has 0 atom stereocenters. The highest BCUT2D eigenvalue weighted by molar-refractivity contribution is 5.85. The maximum Gasteiger partial charge on any atom is 0.232 e. The summed E-state index contributed by atoms with van der Waals surface area (Å²) in [5, 5.41) is 7.22. The van der Waals surface area contributed by atoms with Crippen LogP contribution in [0.5, 0.6) is 0 Å². The first-order valence-electron chi connectivity index (χ1n) is 5.90. The number of nitrogens with one attached hydrogen (secondary N) is 1. The summed E-state index contributed by atoms with van der Waals surface area (Å²) in [4.78, 5) is 4.43. The Morgan fingerprint density at radius 2 is 2.00 bits per heavy atom. The second kappa shape index (κ2) is 5.50. The molecule has 2 heterocycles. The predicted molar refractivity (Wildman–Crippen MR) is 71.1 cm³/mol. The van der Waals surface area contributed by atoms with Crippen molar-refractivity contribution >= 4 is 12.4 Å². The van der Waals surface area contributed by atoms with Gasteiger partial charge in [-0.2, -0.15) is 4.98 Å². The Bertz CT molecular complexity index is 505. The number of aryl methyl sites for hydroxylation is 1. The van der Waals surface area contributed by atoms with E-state index in [9.17, 15) is 0 Å². The van der Waals surface area contributed by atoms with Crippen molar-refractivity contribution in [2.75, 3.05) is 13.1 Å². The second-order valence-corrected chi connectivity index (χ2v) is 4.57. The van der Waals surface area contributed by atoms with Gasteiger partial charge in [-0.3, -0.25) is 0 Å². The van der Waals surface area contributed by atoms with E-state index in [4.69, 9.17) is 4.52 Å². The number of hydrogen-bond donors (Lipinski definition) is 1. The van der Waals surface area contributed by atoms with Crippen molar-refractivity contribution in [2.24, 2.45) is 0 Å². The molecule has 1 aliphatic rings. The minimum Gasteiger partial charge on any atom is -0.339 e. The number of halogens is 1. The Labute approximate surface area is 112 Å². The van der Waals surface area contributed by atoms with Crippen molar-refractivity contribution in [3.63, 3.8) is 0 Å². The average molecular weight is 266 g/mol. The molecule has 0 aliphatic carbocycles. The summed E-state index contributed by atoms with van der Waals surface area (Å²) < 4.78 is 5.26. The lowest BCUT2D eigenvalue weighted by Gasteiger charge is -2.22. The summed E-state index contributed by atoms with van der Waals surface area (Å²) in [6.45, 7) is 3.98. The zero-order chi connectivity index (χ0) is 11.7. The highest BCUT2D eigenvalue weighted by Gasteiger charge is 2.24. The van der Waals surface area contributed by atoms with Gasteiger partial charge in [0.25, 0.3) is 0 Å².